The molecule has 0 fully saturated rings. The lowest BCUT2D eigenvalue weighted by molar-refractivity contribution is 0.166. The molecule has 0 aromatic carbocycles. The smallest absolute Gasteiger partial charge is 0.146 e. The van der Waals surface area contributed by atoms with Crippen LogP contribution in [0.5, 0.6) is 0 Å². The maximum absolute atomic E-state index is 9.25. The third kappa shape index (κ3) is 3.12. The molecule has 0 aliphatic carbocycles. The Morgan fingerprint density at radius 2 is 2.46 bits per heavy atom. The van der Waals surface area contributed by atoms with Crippen molar-refractivity contribution in [1.29, 1.82) is 0 Å². The molecule has 1 unspecified atom stereocenters. The summed E-state index contributed by atoms with van der Waals surface area (Å²) < 4.78 is 1.85. The molecule has 1 aromatic heterocycles. The summed E-state index contributed by atoms with van der Waals surface area (Å²) in [5.74, 6) is 0.878. The summed E-state index contributed by atoms with van der Waals surface area (Å²) >= 11 is 0. The Balaban J connectivity index is 2.24. The van der Waals surface area contributed by atoms with Crippen LogP contribution < -0.4 is 5.32 Å². The van der Waals surface area contributed by atoms with Crippen LogP contribution in [0.15, 0.2) is 6.33 Å². The van der Waals surface area contributed by atoms with E-state index in [-0.39, 0.29) is 6.10 Å². The summed E-state index contributed by atoms with van der Waals surface area (Å²) in [6.07, 6.45) is 2.16. The van der Waals surface area contributed by atoms with Gasteiger partial charge in [0.05, 0.1) is 12.6 Å². The van der Waals surface area contributed by atoms with Gasteiger partial charge in [-0.2, -0.15) is 0 Å². The van der Waals surface area contributed by atoms with Crippen molar-refractivity contribution in [3.63, 3.8) is 0 Å². The van der Waals surface area contributed by atoms with Gasteiger partial charge in [-0.1, -0.05) is 6.92 Å². The number of aryl methyl sites for hydroxylation is 1. The topological polar surface area (TPSA) is 63.0 Å². The quantitative estimate of drug-likeness (QED) is 0.658. The minimum Gasteiger partial charge on any atom is -0.392 e. The van der Waals surface area contributed by atoms with Gasteiger partial charge in [-0.15, -0.1) is 10.2 Å². The molecule has 0 spiro atoms. The van der Waals surface area contributed by atoms with Crippen molar-refractivity contribution in [3.8, 4) is 0 Å². The first kappa shape index (κ1) is 10.1. The third-order valence-electron chi connectivity index (χ3n) is 1.94. The SMILES string of the molecule is CCC(O)CNCc1nncn1C. The fourth-order valence-electron chi connectivity index (χ4n) is 0.962. The highest BCUT2D eigenvalue weighted by atomic mass is 16.3. The number of hydrogen-bond acceptors (Lipinski definition) is 4. The lowest BCUT2D eigenvalue weighted by Crippen LogP contribution is -2.26. The second kappa shape index (κ2) is 4.94. The van der Waals surface area contributed by atoms with E-state index in [1.54, 1.807) is 6.33 Å². The van der Waals surface area contributed by atoms with Gasteiger partial charge < -0.3 is 15.0 Å². The molecule has 1 aromatic rings. The highest BCUT2D eigenvalue weighted by Gasteiger charge is 2.02. The average Bonchev–Trinajstić information content (AvgIpc) is 2.52. The first-order chi connectivity index (χ1) is 6.24. The predicted molar refractivity (Wildman–Crippen MR) is 49.0 cm³/mol. The number of aromatic nitrogens is 3. The van der Waals surface area contributed by atoms with Crippen molar-refractivity contribution in [1.82, 2.24) is 20.1 Å². The van der Waals surface area contributed by atoms with Crippen LogP contribution in [0.2, 0.25) is 0 Å². The summed E-state index contributed by atoms with van der Waals surface area (Å²) in [5.41, 5.74) is 0. The van der Waals surface area contributed by atoms with Crippen LogP contribution in [-0.4, -0.2) is 32.5 Å². The number of nitrogens with zero attached hydrogens (tertiary/aromatic N) is 3. The lowest BCUT2D eigenvalue weighted by atomic mass is 10.3. The van der Waals surface area contributed by atoms with Crippen molar-refractivity contribution in [2.24, 2.45) is 7.05 Å². The van der Waals surface area contributed by atoms with Gasteiger partial charge in [0.15, 0.2) is 0 Å². The number of hydrogen-bond donors (Lipinski definition) is 2. The first-order valence-corrected chi connectivity index (χ1v) is 4.45. The lowest BCUT2D eigenvalue weighted by Gasteiger charge is -2.08. The molecule has 0 saturated heterocycles. The molecule has 0 bridgehead atoms. The Morgan fingerprint density at radius 3 is 3.00 bits per heavy atom. The van der Waals surface area contributed by atoms with Crippen LogP contribution in [-0.2, 0) is 13.6 Å². The van der Waals surface area contributed by atoms with E-state index in [2.05, 4.69) is 15.5 Å². The molecule has 5 nitrogen and oxygen atoms in total. The van der Waals surface area contributed by atoms with Crippen molar-refractivity contribution >= 4 is 0 Å². The van der Waals surface area contributed by atoms with E-state index in [0.717, 1.165) is 12.2 Å². The highest BCUT2D eigenvalue weighted by Crippen LogP contribution is 1.91. The van der Waals surface area contributed by atoms with E-state index < -0.39 is 0 Å². The van der Waals surface area contributed by atoms with Gasteiger partial charge in [0.1, 0.15) is 12.2 Å². The van der Waals surface area contributed by atoms with Crippen LogP contribution in [0, 0.1) is 0 Å². The van der Waals surface area contributed by atoms with Crippen molar-refractivity contribution in [2.45, 2.75) is 26.0 Å². The molecular formula is C8H16N4O. The van der Waals surface area contributed by atoms with Crippen LogP contribution in [0.4, 0.5) is 0 Å². The second-order valence-corrected chi connectivity index (χ2v) is 3.05. The van der Waals surface area contributed by atoms with Gasteiger partial charge in [0.25, 0.3) is 0 Å². The molecular weight excluding hydrogens is 168 g/mol. The summed E-state index contributed by atoms with van der Waals surface area (Å²) in [4.78, 5) is 0. The Hall–Kier alpha value is -0.940. The Labute approximate surface area is 77.8 Å². The van der Waals surface area contributed by atoms with Gasteiger partial charge in [0.2, 0.25) is 0 Å². The molecule has 1 atom stereocenters. The van der Waals surface area contributed by atoms with Crippen molar-refractivity contribution in [2.75, 3.05) is 6.54 Å². The third-order valence-corrected chi connectivity index (χ3v) is 1.94. The number of aliphatic hydroxyl groups is 1. The van der Waals surface area contributed by atoms with E-state index in [1.807, 2.05) is 18.5 Å². The summed E-state index contributed by atoms with van der Waals surface area (Å²) in [6, 6.07) is 0. The van der Waals surface area contributed by atoms with E-state index in [0.29, 0.717) is 13.1 Å². The average molecular weight is 184 g/mol. The Morgan fingerprint density at radius 1 is 1.69 bits per heavy atom. The van der Waals surface area contributed by atoms with Crippen LogP contribution in [0.1, 0.15) is 19.2 Å². The number of rotatable bonds is 5. The molecule has 0 aliphatic heterocycles. The fourth-order valence-corrected chi connectivity index (χ4v) is 0.962. The molecule has 2 N–H and O–H groups in total. The normalized spacial score (nSPS) is 13.2. The van der Waals surface area contributed by atoms with E-state index in [9.17, 15) is 5.11 Å². The molecule has 5 heteroatoms. The summed E-state index contributed by atoms with van der Waals surface area (Å²) in [6.45, 7) is 3.20. The largest absolute Gasteiger partial charge is 0.392 e. The van der Waals surface area contributed by atoms with Crippen LogP contribution >= 0.6 is 0 Å². The fraction of sp³-hybridized carbons (Fsp3) is 0.750. The zero-order valence-corrected chi connectivity index (χ0v) is 8.06. The Kier molecular flexibility index (Phi) is 3.85. The zero-order chi connectivity index (χ0) is 9.68. The minimum absolute atomic E-state index is 0.270. The van der Waals surface area contributed by atoms with Gasteiger partial charge in [-0.25, -0.2) is 0 Å². The standard InChI is InChI=1S/C8H16N4O/c1-3-7(13)4-9-5-8-11-10-6-12(8)2/h6-7,9,13H,3-5H2,1-2H3. The molecule has 1 heterocycles. The summed E-state index contributed by atoms with van der Waals surface area (Å²) in [5, 5.41) is 20.0. The van der Waals surface area contributed by atoms with E-state index in [1.165, 1.54) is 0 Å². The first-order valence-electron chi connectivity index (χ1n) is 4.45. The van der Waals surface area contributed by atoms with Gasteiger partial charge >= 0.3 is 0 Å². The van der Waals surface area contributed by atoms with Crippen LogP contribution in [0.25, 0.3) is 0 Å². The second-order valence-electron chi connectivity index (χ2n) is 3.05. The molecule has 74 valence electrons. The molecule has 1 rings (SSSR count). The van der Waals surface area contributed by atoms with Gasteiger partial charge in [-0.3, -0.25) is 0 Å². The zero-order valence-electron chi connectivity index (χ0n) is 8.06. The van der Waals surface area contributed by atoms with Crippen molar-refractivity contribution < 1.29 is 5.11 Å². The van der Waals surface area contributed by atoms with Gasteiger partial charge in [-0.05, 0) is 6.42 Å². The van der Waals surface area contributed by atoms with Crippen molar-refractivity contribution in [3.05, 3.63) is 12.2 Å². The Bertz CT molecular complexity index is 248. The number of nitrogens with one attached hydrogen (secondary N) is 1. The van der Waals surface area contributed by atoms with Crippen LogP contribution in [0.3, 0.4) is 0 Å². The molecule has 13 heavy (non-hydrogen) atoms. The molecule has 0 aliphatic rings. The highest BCUT2D eigenvalue weighted by molar-refractivity contribution is 4.83. The molecule has 0 saturated carbocycles. The van der Waals surface area contributed by atoms with E-state index >= 15 is 0 Å². The van der Waals surface area contributed by atoms with Gasteiger partial charge in [0, 0.05) is 13.6 Å². The predicted octanol–water partition coefficient (Wildman–Crippen LogP) is -0.324. The molecule has 0 radical (unpaired) electrons. The molecule has 0 amide bonds. The maximum atomic E-state index is 9.25. The van der Waals surface area contributed by atoms with E-state index in [4.69, 9.17) is 0 Å². The summed E-state index contributed by atoms with van der Waals surface area (Å²) in [7, 11) is 1.90. The number of aliphatic hydroxyl groups excluding tert-OH is 1. The minimum atomic E-state index is -0.270. The maximum Gasteiger partial charge on any atom is 0.146 e. The monoisotopic (exact) mass is 184 g/mol.